The monoisotopic (exact) mass is 285 g/mol. The highest BCUT2D eigenvalue weighted by Gasteiger charge is 2.37. The van der Waals surface area contributed by atoms with E-state index in [4.69, 9.17) is 4.74 Å². The molecule has 1 aliphatic rings. The average Bonchev–Trinajstić information content (AvgIpc) is 2.48. The highest BCUT2D eigenvalue weighted by molar-refractivity contribution is 5.27. The van der Waals surface area contributed by atoms with Crippen molar-refractivity contribution >= 4 is 0 Å². The summed E-state index contributed by atoms with van der Waals surface area (Å²) >= 11 is 0. The normalized spacial score (nSPS) is 29.3. The van der Waals surface area contributed by atoms with Crippen molar-refractivity contribution in [2.75, 3.05) is 6.61 Å². The molecule has 0 bridgehead atoms. The first-order valence-electron chi connectivity index (χ1n) is 7.29. The van der Waals surface area contributed by atoms with Gasteiger partial charge in [0, 0.05) is 6.04 Å². The van der Waals surface area contributed by atoms with E-state index in [0.29, 0.717) is 6.61 Å². The molecule has 2 nitrogen and oxygen atoms in total. The zero-order chi connectivity index (χ0) is 14.9. The first-order valence-corrected chi connectivity index (χ1v) is 7.29. The van der Waals surface area contributed by atoms with E-state index < -0.39 is 0 Å². The molecular weight excluding hydrogens is 265 g/mol. The number of halogens is 1. The van der Waals surface area contributed by atoms with E-state index in [1.54, 1.807) is 12.1 Å². The quantitative estimate of drug-likeness (QED) is 0.906. The van der Waals surface area contributed by atoms with E-state index in [9.17, 15) is 4.39 Å². The van der Waals surface area contributed by atoms with Crippen LogP contribution in [0.1, 0.15) is 31.1 Å². The Morgan fingerprint density at radius 2 is 1.90 bits per heavy atom. The summed E-state index contributed by atoms with van der Waals surface area (Å²) in [5.74, 6) is -0.223. The highest BCUT2D eigenvalue weighted by atomic mass is 19.1. The molecule has 3 atom stereocenters. The third kappa shape index (κ3) is 2.85. The van der Waals surface area contributed by atoms with Gasteiger partial charge in [0.1, 0.15) is 5.82 Å². The fourth-order valence-corrected chi connectivity index (χ4v) is 3.06. The maximum Gasteiger partial charge on any atom is 0.123 e. The fourth-order valence-electron chi connectivity index (χ4n) is 3.06. The summed E-state index contributed by atoms with van der Waals surface area (Å²) in [6, 6.07) is 17.0. The second-order valence-corrected chi connectivity index (χ2v) is 5.92. The van der Waals surface area contributed by atoms with E-state index in [0.717, 1.165) is 5.56 Å². The van der Waals surface area contributed by atoms with Crippen LogP contribution in [0.25, 0.3) is 0 Å². The Morgan fingerprint density at radius 3 is 2.57 bits per heavy atom. The summed E-state index contributed by atoms with van der Waals surface area (Å²) in [5.41, 5.74) is 1.87. The zero-order valence-corrected chi connectivity index (χ0v) is 12.3. The minimum Gasteiger partial charge on any atom is -0.370 e. The van der Waals surface area contributed by atoms with Crippen molar-refractivity contribution in [3.8, 4) is 0 Å². The van der Waals surface area contributed by atoms with E-state index in [2.05, 4.69) is 31.3 Å². The van der Waals surface area contributed by atoms with Gasteiger partial charge in [-0.15, -0.1) is 0 Å². The van der Waals surface area contributed by atoms with Crippen molar-refractivity contribution in [1.82, 2.24) is 5.32 Å². The van der Waals surface area contributed by atoms with E-state index in [-0.39, 0.29) is 23.5 Å². The number of morpholine rings is 1. The van der Waals surface area contributed by atoms with Gasteiger partial charge >= 0.3 is 0 Å². The Bertz CT molecular complexity index is 616. The molecular formula is C18H20FNO. The maximum atomic E-state index is 13.4. The number of benzene rings is 2. The lowest BCUT2D eigenvalue weighted by atomic mass is 9.88. The second-order valence-electron chi connectivity index (χ2n) is 5.92. The first kappa shape index (κ1) is 14.2. The van der Waals surface area contributed by atoms with Crippen molar-refractivity contribution < 1.29 is 9.13 Å². The van der Waals surface area contributed by atoms with Gasteiger partial charge in [0.05, 0.1) is 18.2 Å². The second kappa shape index (κ2) is 5.58. The van der Waals surface area contributed by atoms with Crippen LogP contribution in [-0.2, 0) is 10.3 Å². The Kier molecular flexibility index (Phi) is 3.79. The van der Waals surface area contributed by atoms with Gasteiger partial charge in [-0.25, -0.2) is 4.39 Å². The number of ether oxygens (including phenoxy) is 1. The predicted molar refractivity (Wildman–Crippen MR) is 81.5 cm³/mol. The zero-order valence-electron chi connectivity index (χ0n) is 12.3. The lowest BCUT2D eigenvalue weighted by Gasteiger charge is -2.43. The van der Waals surface area contributed by atoms with Crippen molar-refractivity contribution in [3.05, 3.63) is 71.5 Å². The average molecular weight is 285 g/mol. The van der Waals surface area contributed by atoms with Gasteiger partial charge in [0.15, 0.2) is 0 Å². The molecule has 3 heteroatoms. The molecule has 1 aliphatic heterocycles. The van der Waals surface area contributed by atoms with Gasteiger partial charge in [0.2, 0.25) is 0 Å². The van der Waals surface area contributed by atoms with Crippen LogP contribution in [0.2, 0.25) is 0 Å². The molecule has 2 aromatic carbocycles. The molecule has 0 saturated carbocycles. The summed E-state index contributed by atoms with van der Waals surface area (Å²) in [6.07, 6.45) is -0.127. The molecule has 0 aromatic heterocycles. The lowest BCUT2D eigenvalue weighted by molar-refractivity contribution is -0.0574. The van der Waals surface area contributed by atoms with Crippen LogP contribution in [0.3, 0.4) is 0 Å². The van der Waals surface area contributed by atoms with Gasteiger partial charge in [-0.2, -0.15) is 0 Å². The van der Waals surface area contributed by atoms with Gasteiger partial charge in [-0.3, -0.25) is 0 Å². The standard InChI is InChI=1S/C18H20FNO/c1-13-17(14-7-6-10-16(19)11-14)21-12-18(2,20-13)15-8-4-3-5-9-15/h3-11,13,17,20H,12H2,1-2H3. The fraction of sp³-hybridized carbons (Fsp3) is 0.333. The SMILES string of the molecule is CC1NC(C)(c2ccccc2)COC1c1cccc(F)c1. The molecule has 21 heavy (non-hydrogen) atoms. The predicted octanol–water partition coefficient (Wildman–Crippen LogP) is 3.79. The third-order valence-electron chi connectivity index (χ3n) is 4.14. The van der Waals surface area contributed by atoms with Crippen molar-refractivity contribution in [3.63, 3.8) is 0 Å². The van der Waals surface area contributed by atoms with Gasteiger partial charge in [-0.1, -0.05) is 42.5 Å². The molecule has 0 radical (unpaired) electrons. The minimum absolute atomic E-state index is 0.103. The van der Waals surface area contributed by atoms with Gasteiger partial charge < -0.3 is 10.1 Å². The Hall–Kier alpha value is -1.71. The first-order chi connectivity index (χ1) is 10.1. The number of hydrogen-bond donors (Lipinski definition) is 1. The van der Waals surface area contributed by atoms with E-state index in [1.165, 1.54) is 11.6 Å². The van der Waals surface area contributed by atoms with Crippen LogP contribution in [-0.4, -0.2) is 12.6 Å². The summed E-state index contributed by atoms with van der Waals surface area (Å²) in [7, 11) is 0. The highest BCUT2D eigenvalue weighted by Crippen LogP contribution is 2.33. The Labute approximate surface area is 125 Å². The number of rotatable bonds is 2. The van der Waals surface area contributed by atoms with Crippen LogP contribution in [0.15, 0.2) is 54.6 Å². The Balaban J connectivity index is 1.81. The minimum atomic E-state index is -0.223. The van der Waals surface area contributed by atoms with Crippen LogP contribution in [0.4, 0.5) is 4.39 Å². The van der Waals surface area contributed by atoms with Crippen molar-refractivity contribution in [2.24, 2.45) is 0 Å². The summed E-state index contributed by atoms with van der Waals surface area (Å²) in [6.45, 7) is 4.78. The number of hydrogen-bond acceptors (Lipinski definition) is 2. The van der Waals surface area contributed by atoms with Crippen LogP contribution >= 0.6 is 0 Å². The number of nitrogens with one attached hydrogen (secondary N) is 1. The maximum absolute atomic E-state index is 13.4. The molecule has 1 saturated heterocycles. The summed E-state index contributed by atoms with van der Waals surface area (Å²) in [4.78, 5) is 0. The molecule has 110 valence electrons. The van der Waals surface area contributed by atoms with E-state index in [1.807, 2.05) is 24.3 Å². The largest absolute Gasteiger partial charge is 0.370 e. The smallest absolute Gasteiger partial charge is 0.123 e. The molecule has 0 aliphatic carbocycles. The molecule has 3 rings (SSSR count). The molecule has 0 spiro atoms. The van der Waals surface area contributed by atoms with Crippen molar-refractivity contribution in [1.29, 1.82) is 0 Å². The summed E-state index contributed by atoms with van der Waals surface area (Å²) in [5, 5.41) is 3.63. The molecule has 1 N–H and O–H groups in total. The van der Waals surface area contributed by atoms with E-state index >= 15 is 0 Å². The van der Waals surface area contributed by atoms with Gasteiger partial charge in [-0.05, 0) is 37.1 Å². The molecule has 2 aromatic rings. The summed E-state index contributed by atoms with van der Waals surface area (Å²) < 4.78 is 19.5. The van der Waals surface area contributed by atoms with Crippen LogP contribution in [0.5, 0.6) is 0 Å². The van der Waals surface area contributed by atoms with Crippen molar-refractivity contribution in [2.45, 2.75) is 31.5 Å². The third-order valence-corrected chi connectivity index (χ3v) is 4.14. The molecule has 1 heterocycles. The van der Waals surface area contributed by atoms with Gasteiger partial charge in [0.25, 0.3) is 0 Å². The molecule has 3 unspecified atom stereocenters. The Morgan fingerprint density at radius 1 is 1.14 bits per heavy atom. The van der Waals surface area contributed by atoms with Crippen LogP contribution in [0, 0.1) is 5.82 Å². The van der Waals surface area contributed by atoms with Crippen LogP contribution < -0.4 is 5.32 Å². The topological polar surface area (TPSA) is 21.3 Å². The molecule has 1 fully saturated rings. The molecule has 0 amide bonds. The lowest BCUT2D eigenvalue weighted by Crippen LogP contribution is -2.55.